The number of halogens is 3. The molecule has 0 saturated heterocycles. The number of rotatable bonds is 3. The lowest BCUT2D eigenvalue weighted by Gasteiger charge is -2.21. The van der Waals surface area contributed by atoms with Gasteiger partial charge in [0.15, 0.2) is 11.9 Å². The van der Waals surface area contributed by atoms with Crippen LogP contribution in [0.4, 0.5) is 13.2 Å². The van der Waals surface area contributed by atoms with Crippen molar-refractivity contribution in [3.8, 4) is 0 Å². The molecule has 118 valence electrons. The number of para-hydroxylation sites is 1. The number of nitrogens with zero attached hydrogens (tertiary/aromatic N) is 2. The van der Waals surface area contributed by atoms with E-state index in [-0.39, 0.29) is 16.7 Å². The average Bonchev–Trinajstić information content (AvgIpc) is 2.45. The SMILES string of the molecule is CN(CC(O)C(F)(F)F)C(=O)c1nc2ccccc2c(=O)[nH]1. The van der Waals surface area contributed by atoms with Crippen LogP contribution < -0.4 is 5.56 Å². The van der Waals surface area contributed by atoms with Gasteiger partial charge in [0.2, 0.25) is 0 Å². The van der Waals surface area contributed by atoms with E-state index in [9.17, 15) is 22.8 Å². The molecule has 22 heavy (non-hydrogen) atoms. The Balaban J connectivity index is 2.28. The molecule has 1 amide bonds. The van der Waals surface area contributed by atoms with Gasteiger partial charge in [0, 0.05) is 7.05 Å². The third-order valence-electron chi connectivity index (χ3n) is 2.99. The minimum atomic E-state index is -4.83. The van der Waals surface area contributed by atoms with E-state index >= 15 is 0 Å². The molecule has 0 saturated carbocycles. The second-order valence-electron chi connectivity index (χ2n) is 4.67. The molecule has 1 atom stereocenters. The topological polar surface area (TPSA) is 86.3 Å². The highest BCUT2D eigenvalue weighted by Crippen LogP contribution is 2.20. The Morgan fingerprint density at radius 1 is 1.41 bits per heavy atom. The Bertz CT molecular complexity index is 757. The molecule has 0 radical (unpaired) electrons. The van der Waals surface area contributed by atoms with Crippen molar-refractivity contribution in [1.82, 2.24) is 14.9 Å². The van der Waals surface area contributed by atoms with E-state index in [1.54, 1.807) is 12.1 Å². The molecule has 0 fully saturated rings. The van der Waals surface area contributed by atoms with Gasteiger partial charge in [-0.2, -0.15) is 13.2 Å². The normalized spacial score (nSPS) is 13.1. The van der Waals surface area contributed by atoms with Gasteiger partial charge in [-0.25, -0.2) is 4.98 Å². The van der Waals surface area contributed by atoms with Crippen molar-refractivity contribution in [1.29, 1.82) is 0 Å². The van der Waals surface area contributed by atoms with Crippen molar-refractivity contribution in [2.75, 3.05) is 13.6 Å². The maximum Gasteiger partial charge on any atom is 0.416 e. The number of aliphatic hydroxyl groups is 1. The molecule has 0 bridgehead atoms. The Hall–Kier alpha value is -2.42. The van der Waals surface area contributed by atoms with Gasteiger partial charge in [-0.3, -0.25) is 9.59 Å². The zero-order valence-corrected chi connectivity index (χ0v) is 11.4. The number of aromatic nitrogens is 2. The molecular formula is C13H12F3N3O3. The Morgan fingerprint density at radius 2 is 2.05 bits per heavy atom. The minimum Gasteiger partial charge on any atom is -0.382 e. The molecule has 2 aromatic rings. The number of likely N-dealkylation sites (N-methyl/N-ethyl adjacent to an activating group) is 1. The summed E-state index contributed by atoms with van der Waals surface area (Å²) in [5.74, 6) is -1.31. The number of hydrogen-bond donors (Lipinski definition) is 2. The quantitative estimate of drug-likeness (QED) is 0.882. The lowest BCUT2D eigenvalue weighted by Crippen LogP contribution is -2.42. The van der Waals surface area contributed by atoms with E-state index in [4.69, 9.17) is 5.11 Å². The second kappa shape index (κ2) is 5.76. The number of hydrogen-bond acceptors (Lipinski definition) is 4. The highest BCUT2D eigenvalue weighted by atomic mass is 19.4. The predicted octanol–water partition coefficient (Wildman–Crippen LogP) is 0.918. The lowest BCUT2D eigenvalue weighted by molar-refractivity contribution is -0.205. The fourth-order valence-corrected chi connectivity index (χ4v) is 1.81. The fraction of sp³-hybridized carbons (Fsp3) is 0.308. The molecule has 1 aromatic heterocycles. The molecule has 1 heterocycles. The molecule has 0 aliphatic rings. The first-order valence-electron chi connectivity index (χ1n) is 6.19. The van der Waals surface area contributed by atoms with Crippen LogP contribution in [-0.2, 0) is 0 Å². The fourth-order valence-electron chi connectivity index (χ4n) is 1.81. The summed E-state index contributed by atoms with van der Waals surface area (Å²) in [7, 11) is 1.08. The van der Waals surface area contributed by atoms with Gasteiger partial charge in [-0.1, -0.05) is 12.1 Å². The zero-order valence-electron chi connectivity index (χ0n) is 11.4. The van der Waals surface area contributed by atoms with Crippen molar-refractivity contribution in [2.45, 2.75) is 12.3 Å². The van der Waals surface area contributed by atoms with Gasteiger partial charge in [0.05, 0.1) is 17.4 Å². The maximum atomic E-state index is 12.3. The van der Waals surface area contributed by atoms with Crippen LogP contribution in [0.3, 0.4) is 0 Å². The van der Waals surface area contributed by atoms with Crippen molar-refractivity contribution in [2.24, 2.45) is 0 Å². The number of nitrogens with one attached hydrogen (secondary N) is 1. The molecule has 0 aliphatic heterocycles. The van der Waals surface area contributed by atoms with Crippen LogP contribution in [0.1, 0.15) is 10.6 Å². The highest BCUT2D eigenvalue weighted by Gasteiger charge is 2.39. The summed E-state index contributed by atoms with van der Waals surface area (Å²) in [4.78, 5) is 30.6. The number of amides is 1. The Morgan fingerprint density at radius 3 is 2.68 bits per heavy atom. The maximum absolute atomic E-state index is 12.3. The third kappa shape index (κ3) is 3.25. The number of aromatic amines is 1. The van der Waals surface area contributed by atoms with Gasteiger partial charge in [0.1, 0.15) is 0 Å². The van der Waals surface area contributed by atoms with E-state index in [0.717, 1.165) is 7.05 Å². The number of H-pyrrole nitrogens is 1. The Kier molecular flexibility index (Phi) is 4.18. The van der Waals surface area contributed by atoms with Crippen molar-refractivity contribution >= 4 is 16.8 Å². The summed E-state index contributed by atoms with van der Waals surface area (Å²) in [6, 6.07) is 6.24. The predicted molar refractivity (Wildman–Crippen MR) is 71.4 cm³/mol. The van der Waals surface area contributed by atoms with Gasteiger partial charge < -0.3 is 15.0 Å². The monoisotopic (exact) mass is 315 g/mol. The van der Waals surface area contributed by atoms with Gasteiger partial charge in [0.25, 0.3) is 11.5 Å². The molecule has 0 spiro atoms. The van der Waals surface area contributed by atoms with Crippen LogP contribution >= 0.6 is 0 Å². The van der Waals surface area contributed by atoms with Crippen LogP contribution in [0.2, 0.25) is 0 Å². The Labute approximate surface area is 122 Å². The standard InChI is InChI=1S/C13H12F3N3O3/c1-19(6-9(20)13(14,15)16)12(22)10-17-8-5-3-2-4-7(8)11(21)18-10/h2-5,9,20H,6H2,1H3,(H,17,18,21). The van der Waals surface area contributed by atoms with Gasteiger partial charge in [-0.15, -0.1) is 0 Å². The highest BCUT2D eigenvalue weighted by molar-refractivity contribution is 5.92. The summed E-state index contributed by atoms with van der Waals surface area (Å²) in [5.41, 5.74) is -0.321. The number of carbonyl (C=O) groups excluding carboxylic acids is 1. The molecule has 0 aliphatic carbocycles. The van der Waals surface area contributed by atoms with Crippen LogP contribution in [0, 0.1) is 0 Å². The van der Waals surface area contributed by atoms with E-state index in [2.05, 4.69) is 9.97 Å². The molecule has 2 rings (SSSR count). The summed E-state index contributed by atoms with van der Waals surface area (Å²) in [6.07, 6.45) is -7.51. The molecule has 6 nitrogen and oxygen atoms in total. The van der Waals surface area contributed by atoms with E-state index in [1.165, 1.54) is 12.1 Å². The first kappa shape index (κ1) is 16.0. The van der Waals surface area contributed by atoms with Crippen LogP contribution in [0.5, 0.6) is 0 Å². The minimum absolute atomic E-state index is 0.249. The lowest BCUT2D eigenvalue weighted by atomic mass is 10.2. The number of aliphatic hydroxyl groups excluding tert-OH is 1. The molecule has 9 heteroatoms. The van der Waals surface area contributed by atoms with Crippen molar-refractivity contribution < 1.29 is 23.1 Å². The summed E-state index contributed by atoms with van der Waals surface area (Å²) >= 11 is 0. The van der Waals surface area contributed by atoms with E-state index in [1.807, 2.05) is 0 Å². The smallest absolute Gasteiger partial charge is 0.382 e. The molecule has 1 aromatic carbocycles. The molecule has 1 unspecified atom stereocenters. The largest absolute Gasteiger partial charge is 0.416 e. The number of carbonyl (C=O) groups is 1. The summed E-state index contributed by atoms with van der Waals surface area (Å²) in [5, 5.41) is 9.23. The second-order valence-corrected chi connectivity index (χ2v) is 4.67. The van der Waals surface area contributed by atoms with Gasteiger partial charge in [-0.05, 0) is 12.1 Å². The number of benzene rings is 1. The van der Waals surface area contributed by atoms with Gasteiger partial charge >= 0.3 is 6.18 Å². The third-order valence-corrected chi connectivity index (χ3v) is 2.99. The van der Waals surface area contributed by atoms with Crippen LogP contribution in [-0.4, -0.2) is 51.8 Å². The molecule has 2 N–H and O–H groups in total. The summed E-state index contributed by atoms with van der Waals surface area (Å²) < 4.78 is 36.9. The van der Waals surface area contributed by atoms with E-state index in [0.29, 0.717) is 4.90 Å². The molecular weight excluding hydrogens is 303 g/mol. The first-order valence-corrected chi connectivity index (χ1v) is 6.19. The number of fused-ring (bicyclic) bond motifs is 1. The zero-order chi connectivity index (χ0) is 16.5. The van der Waals surface area contributed by atoms with Crippen LogP contribution in [0.15, 0.2) is 29.1 Å². The van der Waals surface area contributed by atoms with E-state index < -0.39 is 30.3 Å². The summed E-state index contributed by atoms with van der Waals surface area (Å²) in [6.45, 7) is -0.959. The van der Waals surface area contributed by atoms with Crippen molar-refractivity contribution in [3.63, 3.8) is 0 Å². The van der Waals surface area contributed by atoms with Crippen LogP contribution in [0.25, 0.3) is 10.9 Å². The average molecular weight is 315 g/mol. The first-order chi connectivity index (χ1) is 10.2. The van der Waals surface area contributed by atoms with Crippen molar-refractivity contribution in [3.05, 3.63) is 40.4 Å². The number of alkyl halides is 3.